The number of benzene rings is 2. The number of nitrogens with zero attached hydrogens (tertiary/aromatic N) is 1. The number of ether oxygens (including phenoxy) is 2. The Morgan fingerprint density at radius 2 is 2.04 bits per heavy atom. The van der Waals surface area contributed by atoms with Crippen molar-refractivity contribution in [3.8, 4) is 17.6 Å². The summed E-state index contributed by atoms with van der Waals surface area (Å²) in [7, 11) is 2.95. The van der Waals surface area contributed by atoms with Crippen LogP contribution in [0.5, 0.6) is 11.5 Å². The van der Waals surface area contributed by atoms with Crippen molar-refractivity contribution in [3.05, 3.63) is 58.4 Å². The molecule has 0 radical (unpaired) electrons. The van der Waals surface area contributed by atoms with E-state index in [9.17, 15) is 14.4 Å². The van der Waals surface area contributed by atoms with Gasteiger partial charge in [-0.2, -0.15) is 5.26 Å². The molecule has 2 aromatic carbocycles. The van der Waals surface area contributed by atoms with E-state index in [1.807, 2.05) is 6.07 Å². The molecule has 0 fully saturated rings. The van der Waals surface area contributed by atoms with Gasteiger partial charge in [-0.3, -0.25) is 4.79 Å². The third-order valence-corrected chi connectivity index (χ3v) is 3.74. The number of nitrogens with one attached hydrogen (secondary N) is 1. The molecule has 0 aliphatic heterocycles. The molecule has 2 aromatic rings. The quantitative estimate of drug-likeness (QED) is 0.897. The van der Waals surface area contributed by atoms with Crippen molar-refractivity contribution in [2.75, 3.05) is 14.2 Å². The first-order chi connectivity index (χ1) is 11.5. The van der Waals surface area contributed by atoms with Crippen molar-refractivity contribution < 1.29 is 18.7 Å². The Bertz CT molecular complexity index is 805. The molecule has 2 rings (SSSR count). The van der Waals surface area contributed by atoms with Crippen LogP contribution >= 0.6 is 11.6 Å². The fraction of sp³-hybridized carbons (Fsp3) is 0.176. The monoisotopic (exact) mass is 348 g/mol. The lowest BCUT2D eigenvalue weighted by Crippen LogP contribution is -2.28. The zero-order chi connectivity index (χ0) is 17.7. The van der Waals surface area contributed by atoms with Gasteiger partial charge in [0.05, 0.1) is 30.9 Å². The van der Waals surface area contributed by atoms with E-state index < -0.39 is 17.8 Å². The molecule has 1 amide bonds. The Kier molecular flexibility index (Phi) is 5.61. The third kappa shape index (κ3) is 3.58. The predicted molar refractivity (Wildman–Crippen MR) is 86.8 cm³/mol. The van der Waals surface area contributed by atoms with E-state index in [4.69, 9.17) is 21.1 Å². The van der Waals surface area contributed by atoms with Crippen LogP contribution in [0.1, 0.15) is 22.0 Å². The minimum Gasteiger partial charge on any atom is -0.497 e. The van der Waals surface area contributed by atoms with Gasteiger partial charge in [-0.15, -0.1) is 0 Å². The average Bonchev–Trinajstić information content (AvgIpc) is 2.61. The second kappa shape index (κ2) is 7.66. The lowest BCUT2D eigenvalue weighted by Gasteiger charge is -2.16. The van der Waals surface area contributed by atoms with Crippen LogP contribution in [0.2, 0.25) is 5.02 Å². The van der Waals surface area contributed by atoms with Crippen LogP contribution in [0.15, 0.2) is 36.4 Å². The predicted octanol–water partition coefficient (Wildman–Crippen LogP) is 3.49. The molecule has 124 valence electrons. The van der Waals surface area contributed by atoms with Gasteiger partial charge >= 0.3 is 0 Å². The molecule has 0 saturated heterocycles. The second-order valence-electron chi connectivity index (χ2n) is 4.74. The Balaban J connectivity index is 2.32. The molecular formula is C17H14ClFN2O3. The Labute approximate surface area is 143 Å². The first-order valence-electron chi connectivity index (χ1n) is 6.88. The van der Waals surface area contributed by atoms with E-state index in [-0.39, 0.29) is 10.6 Å². The number of hydrogen-bond acceptors (Lipinski definition) is 4. The minimum atomic E-state index is -1.00. The van der Waals surface area contributed by atoms with Gasteiger partial charge < -0.3 is 14.8 Å². The molecule has 0 aliphatic carbocycles. The summed E-state index contributed by atoms with van der Waals surface area (Å²) in [6, 6.07) is 9.71. The number of carbonyl (C=O) groups excluding carboxylic acids is 1. The molecule has 0 aliphatic rings. The topological polar surface area (TPSA) is 71.3 Å². The molecule has 0 bridgehead atoms. The molecule has 1 atom stereocenters. The highest BCUT2D eigenvalue weighted by atomic mass is 35.5. The van der Waals surface area contributed by atoms with Gasteiger partial charge in [0, 0.05) is 11.6 Å². The van der Waals surface area contributed by atoms with Crippen molar-refractivity contribution in [1.29, 1.82) is 5.26 Å². The molecular weight excluding hydrogens is 335 g/mol. The SMILES string of the molecule is COc1ccc([C@H](C#N)NC(=O)c2cccc(F)c2Cl)c(OC)c1. The third-order valence-electron chi connectivity index (χ3n) is 3.35. The highest BCUT2D eigenvalue weighted by molar-refractivity contribution is 6.34. The van der Waals surface area contributed by atoms with Crippen LogP contribution in [0.4, 0.5) is 4.39 Å². The molecule has 7 heteroatoms. The number of amides is 1. The number of halogens is 2. The maximum Gasteiger partial charge on any atom is 0.254 e. The molecule has 0 heterocycles. The van der Waals surface area contributed by atoms with Gasteiger partial charge in [-0.05, 0) is 24.3 Å². The van der Waals surface area contributed by atoms with Gasteiger partial charge in [-0.25, -0.2) is 4.39 Å². The largest absolute Gasteiger partial charge is 0.497 e. The van der Waals surface area contributed by atoms with E-state index in [1.165, 1.54) is 26.4 Å². The first-order valence-corrected chi connectivity index (χ1v) is 7.26. The maximum absolute atomic E-state index is 13.5. The highest BCUT2D eigenvalue weighted by Gasteiger charge is 2.21. The standard InChI is InChI=1S/C17H14ClFN2O3/c1-23-10-6-7-11(15(8-10)24-2)14(9-20)21-17(22)12-4-3-5-13(19)16(12)18/h3-8,14H,1-2H3,(H,21,22)/t14-/m0/s1. The highest BCUT2D eigenvalue weighted by Crippen LogP contribution is 2.30. The second-order valence-corrected chi connectivity index (χ2v) is 5.12. The molecule has 1 N–H and O–H groups in total. The Hall–Kier alpha value is -2.78. The zero-order valence-corrected chi connectivity index (χ0v) is 13.7. The Morgan fingerprint density at radius 3 is 2.67 bits per heavy atom. The molecule has 0 unspecified atom stereocenters. The minimum absolute atomic E-state index is 0.0515. The number of methoxy groups -OCH3 is 2. The molecule has 5 nitrogen and oxygen atoms in total. The van der Waals surface area contributed by atoms with Crippen molar-refractivity contribution >= 4 is 17.5 Å². The molecule has 24 heavy (non-hydrogen) atoms. The van der Waals surface area contributed by atoms with Crippen LogP contribution in [-0.4, -0.2) is 20.1 Å². The normalized spacial score (nSPS) is 11.3. The van der Waals surface area contributed by atoms with E-state index >= 15 is 0 Å². The summed E-state index contributed by atoms with van der Waals surface area (Å²) < 4.78 is 23.8. The number of carbonyl (C=O) groups is 1. The van der Waals surface area contributed by atoms with Crippen LogP contribution in [0, 0.1) is 17.1 Å². The van der Waals surface area contributed by atoms with E-state index in [1.54, 1.807) is 18.2 Å². The molecule has 0 spiro atoms. The number of rotatable bonds is 5. The van der Waals surface area contributed by atoms with Crippen molar-refractivity contribution in [2.45, 2.75) is 6.04 Å². The van der Waals surface area contributed by atoms with Crippen LogP contribution < -0.4 is 14.8 Å². The van der Waals surface area contributed by atoms with E-state index in [0.717, 1.165) is 6.07 Å². The fourth-order valence-corrected chi connectivity index (χ4v) is 2.34. The summed E-state index contributed by atoms with van der Waals surface area (Å²) in [4.78, 5) is 12.3. The smallest absolute Gasteiger partial charge is 0.254 e. The van der Waals surface area contributed by atoms with Crippen molar-refractivity contribution in [1.82, 2.24) is 5.32 Å². The summed E-state index contributed by atoms with van der Waals surface area (Å²) in [5.74, 6) is -0.442. The summed E-state index contributed by atoms with van der Waals surface area (Å²) in [6.45, 7) is 0. The fourth-order valence-electron chi connectivity index (χ4n) is 2.12. The van der Waals surface area contributed by atoms with Crippen LogP contribution in [0.25, 0.3) is 0 Å². The summed E-state index contributed by atoms with van der Waals surface area (Å²) in [5.41, 5.74) is 0.395. The number of nitriles is 1. The summed E-state index contributed by atoms with van der Waals surface area (Å²) >= 11 is 5.80. The molecule has 0 aromatic heterocycles. The van der Waals surface area contributed by atoms with Gasteiger partial charge in [0.15, 0.2) is 0 Å². The van der Waals surface area contributed by atoms with Gasteiger partial charge in [0.2, 0.25) is 0 Å². The summed E-state index contributed by atoms with van der Waals surface area (Å²) in [5, 5.41) is 11.6. The number of hydrogen-bond donors (Lipinski definition) is 1. The molecule has 0 saturated carbocycles. The van der Waals surface area contributed by atoms with Crippen LogP contribution in [-0.2, 0) is 0 Å². The lowest BCUT2D eigenvalue weighted by atomic mass is 10.1. The van der Waals surface area contributed by atoms with Crippen LogP contribution in [0.3, 0.4) is 0 Å². The zero-order valence-electron chi connectivity index (χ0n) is 13.0. The van der Waals surface area contributed by atoms with Crippen molar-refractivity contribution in [3.63, 3.8) is 0 Å². The van der Waals surface area contributed by atoms with Crippen molar-refractivity contribution in [2.24, 2.45) is 0 Å². The maximum atomic E-state index is 13.5. The van der Waals surface area contributed by atoms with E-state index in [0.29, 0.717) is 17.1 Å². The van der Waals surface area contributed by atoms with Gasteiger partial charge in [-0.1, -0.05) is 17.7 Å². The Morgan fingerprint density at radius 1 is 1.29 bits per heavy atom. The lowest BCUT2D eigenvalue weighted by molar-refractivity contribution is 0.0944. The average molecular weight is 349 g/mol. The van der Waals surface area contributed by atoms with Gasteiger partial charge in [0.1, 0.15) is 23.4 Å². The summed E-state index contributed by atoms with van der Waals surface area (Å²) in [6.07, 6.45) is 0. The van der Waals surface area contributed by atoms with E-state index in [2.05, 4.69) is 5.32 Å². The first kappa shape index (κ1) is 17.6. The van der Waals surface area contributed by atoms with Gasteiger partial charge in [0.25, 0.3) is 5.91 Å².